The van der Waals surface area contributed by atoms with E-state index in [2.05, 4.69) is 51.8 Å². The summed E-state index contributed by atoms with van der Waals surface area (Å²) in [6.07, 6.45) is 0.750. The lowest BCUT2D eigenvalue weighted by atomic mass is 9.98. The number of hydrogen-bond acceptors (Lipinski definition) is 4. The molecule has 2 aromatic rings. The van der Waals surface area contributed by atoms with E-state index in [1.54, 1.807) is 4.90 Å². The van der Waals surface area contributed by atoms with Crippen LogP contribution in [0.15, 0.2) is 24.3 Å². The topological polar surface area (TPSA) is 74.8 Å². The Balaban J connectivity index is 1.90. The molecule has 6 heteroatoms. The Morgan fingerprint density at radius 1 is 1.27 bits per heavy atom. The van der Waals surface area contributed by atoms with Crippen LogP contribution >= 0.6 is 0 Å². The molecule has 0 radical (unpaired) electrons. The number of nitrogens with one attached hydrogen (secondary N) is 1. The first-order valence-electron chi connectivity index (χ1n) is 7.51. The Labute approximate surface area is 130 Å². The maximum atomic E-state index is 12.5. The molecular formula is C16H23N5O. The van der Waals surface area contributed by atoms with Crippen molar-refractivity contribution in [3.8, 4) is 0 Å². The van der Waals surface area contributed by atoms with Crippen LogP contribution in [0.3, 0.4) is 0 Å². The van der Waals surface area contributed by atoms with Crippen LogP contribution in [0.4, 0.5) is 0 Å². The zero-order valence-electron chi connectivity index (χ0n) is 13.6. The summed E-state index contributed by atoms with van der Waals surface area (Å²) in [6.45, 7) is 6.60. The van der Waals surface area contributed by atoms with Crippen molar-refractivity contribution >= 4 is 5.91 Å². The fourth-order valence-electron chi connectivity index (χ4n) is 2.50. The summed E-state index contributed by atoms with van der Waals surface area (Å²) in [4.78, 5) is 14.2. The highest BCUT2D eigenvalue weighted by Crippen LogP contribution is 2.15. The monoisotopic (exact) mass is 301 g/mol. The summed E-state index contributed by atoms with van der Waals surface area (Å²) < 4.78 is 0. The molecule has 2 rings (SSSR count). The molecule has 6 nitrogen and oxygen atoms in total. The first kappa shape index (κ1) is 16.1. The summed E-state index contributed by atoms with van der Waals surface area (Å²) >= 11 is 0. The van der Waals surface area contributed by atoms with Crippen molar-refractivity contribution in [3.63, 3.8) is 0 Å². The molecule has 1 amide bonds. The molecule has 0 fully saturated rings. The van der Waals surface area contributed by atoms with E-state index in [1.807, 2.05) is 20.9 Å². The summed E-state index contributed by atoms with van der Waals surface area (Å²) in [6, 6.07) is 8.32. The minimum absolute atomic E-state index is 0.0508. The largest absolute Gasteiger partial charge is 0.345 e. The molecule has 0 saturated heterocycles. The maximum absolute atomic E-state index is 12.5. The molecule has 0 spiro atoms. The number of carbonyl (C=O) groups is 1. The van der Waals surface area contributed by atoms with Crippen LogP contribution in [0.5, 0.6) is 0 Å². The van der Waals surface area contributed by atoms with Crippen molar-refractivity contribution in [2.75, 3.05) is 13.6 Å². The Hall–Kier alpha value is -2.24. The molecule has 0 unspecified atom stereocenters. The first-order chi connectivity index (χ1) is 10.5. The predicted molar refractivity (Wildman–Crippen MR) is 84.3 cm³/mol. The number of hydrogen-bond donors (Lipinski definition) is 1. The fraction of sp³-hybridized carbons (Fsp3) is 0.500. The van der Waals surface area contributed by atoms with E-state index in [9.17, 15) is 4.79 Å². The molecule has 0 aliphatic heterocycles. The number of likely N-dealkylation sites (N-methyl/N-ethyl adjacent to an activating group) is 1. The van der Waals surface area contributed by atoms with Gasteiger partial charge in [-0.2, -0.15) is 5.21 Å². The van der Waals surface area contributed by atoms with E-state index < -0.39 is 0 Å². The zero-order chi connectivity index (χ0) is 16.1. The average molecular weight is 301 g/mol. The number of carbonyl (C=O) groups excluding carboxylic acids is 1. The second kappa shape index (κ2) is 7.15. The summed E-state index contributed by atoms with van der Waals surface area (Å²) in [5, 5.41) is 13.9. The van der Waals surface area contributed by atoms with E-state index in [0.29, 0.717) is 12.4 Å². The molecule has 22 heavy (non-hydrogen) atoms. The van der Waals surface area contributed by atoms with Gasteiger partial charge in [-0.1, -0.05) is 48.9 Å². The van der Waals surface area contributed by atoms with E-state index in [0.717, 1.165) is 6.42 Å². The quantitative estimate of drug-likeness (QED) is 0.885. The molecule has 2 atom stereocenters. The van der Waals surface area contributed by atoms with Crippen LogP contribution < -0.4 is 0 Å². The number of tetrazole rings is 1. The third-order valence-corrected chi connectivity index (χ3v) is 3.81. The van der Waals surface area contributed by atoms with Gasteiger partial charge in [0, 0.05) is 25.4 Å². The van der Waals surface area contributed by atoms with Crippen LogP contribution in [0, 0.1) is 12.8 Å². The Morgan fingerprint density at radius 2 is 1.95 bits per heavy atom. The van der Waals surface area contributed by atoms with E-state index in [-0.39, 0.29) is 17.7 Å². The molecule has 1 aromatic carbocycles. The van der Waals surface area contributed by atoms with Crippen LogP contribution in [0.1, 0.15) is 36.7 Å². The van der Waals surface area contributed by atoms with Gasteiger partial charge >= 0.3 is 0 Å². The Bertz CT molecular complexity index is 594. The van der Waals surface area contributed by atoms with Crippen molar-refractivity contribution < 1.29 is 4.79 Å². The van der Waals surface area contributed by atoms with Gasteiger partial charge in [0.15, 0.2) is 5.82 Å². The molecule has 0 saturated carbocycles. The van der Waals surface area contributed by atoms with Gasteiger partial charge in [0.1, 0.15) is 0 Å². The van der Waals surface area contributed by atoms with E-state index in [1.165, 1.54) is 11.1 Å². The third kappa shape index (κ3) is 4.13. The summed E-state index contributed by atoms with van der Waals surface area (Å²) in [7, 11) is 1.82. The third-order valence-electron chi connectivity index (χ3n) is 3.81. The van der Waals surface area contributed by atoms with Gasteiger partial charge in [0.05, 0.1) is 0 Å². The van der Waals surface area contributed by atoms with Gasteiger partial charge in [-0.05, 0) is 18.9 Å². The normalized spacial score (nSPS) is 13.6. The Morgan fingerprint density at radius 3 is 2.55 bits per heavy atom. The zero-order valence-corrected chi connectivity index (χ0v) is 13.6. The van der Waals surface area contributed by atoms with Crippen molar-refractivity contribution in [3.05, 3.63) is 41.2 Å². The minimum Gasteiger partial charge on any atom is -0.345 e. The van der Waals surface area contributed by atoms with Crippen LogP contribution in [0.2, 0.25) is 0 Å². The SMILES string of the molecule is Cc1ccc(C[C@@H](C)C(=O)N(C)C[C@@H](C)c2nn[nH]n2)cc1. The number of aryl methyl sites for hydroxylation is 1. The number of nitrogens with zero attached hydrogens (tertiary/aromatic N) is 4. The number of aromatic nitrogens is 4. The molecular weight excluding hydrogens is 278 g/mol. The second-order valence-corrected chi connectivity index (χ2v) is 5.98. The van der Waals surface area contributed by atoms with Gasteiger partial charge in [-0.15, -0.1) is 10.2 Å². The van der Waals surface area contributed by atoms with E-state index in [4.69, 9.17) is 0 Å². The van der Waals surface area contributed by atoms with E-state index >= 15 is 0 Å². The predicted octanol–water partition coefficient (Wildman–Crippen LogP) is 1.95. The van der Waals surface area contributed by atoms with Gasteiger partial charge in [-0.3, -0.25) is 4.79 Å². The minimum atomic E-state index is -0.0508. The highest BCUT2D eigenvalue weighted by atomic mass is 16.2. The van der Waals surface area contributed by atoms with Gasteiger partial charge in [-0.25, -0.2) is 0 Å². The van der Waals surface area contributed by atoms with Crippen LogP contribution in [-0.4, -0.2) is 45.0 Å². The highest BCUT2D eigenvalue weighted by Gasteiger charge is 2.21. The summed E-state index contributed by atoms with van der Waals surface area (Å²) in [5.41, 5.74) is 2.42. The summed E-state index contributed by atoms with van der Waals surface area (Å²) in [5.74, 6) is 0.770. The molecule has 0 aliphatic carbocycles. The number of aromatic amines is 1. The average Bonchev–Trinajstić information content (AvgIpc) is 3.03. The van der Waals surface area contributed by atoms with Gasteiger partial charge in [0.25, 0.3) is 0 Å². The number of rotatable bonds is 6. The van der Waals surface area contributed by atoms with Crippen molar-refractivity contribution in [2.45, 2.75) is 33.1 Å². The number of benzene rings is 1. The number of amides is 1. The molecule has 1 heterocycles. The second-order valence-electron chi connectivity index (χ2n) is 5.98. The van der Waals surface area contributed by atoms with Crippen molar-refractivity contribution in [1.29, 1.82) is 0 Å². The number of H-pyrrole nitrogens is 1. The lowest BCUT2D eigenvalue weighted by Crippen LogP contribution is -2.35. The van der Waals surface area contributed by atoms with Gasteiger partial charge in [0.2, 0.25) is 5.91 Å². The molecule has 1 N–H and O–H groups in total. The Kier molecular flexibility index (Phi) is 5.25. The maximum Gasteiger partial charge on any atom is 0.225 e. The van der Waals surface area contributed by atoms with Crippen LogP contribution in [-0.2, 0) is 11.2 Å². The first-order valence-corrected chi connectivity index (χ1v) is 7.51. The highest BCUT2D eigenvalue weighted by molar-refractivity contribution is 5.78. The lowest BCUT2D eigenvalue weighted by Gasteiger charge is -2.23. The smallest absolute Gasteiger partial charge is 0.225 e. The van der Waals surface area contributed by atoms with Crippen molar-refractivity contribution in [1.82, 2.24) is 25.5 Å². The molecule has 1 aromatic heterocycles. The van der Waals surface area contributed by atoms with Crippen LogP contribution in [0.25, 0.3) is 0 Å². The standard InChI is InChI=1S/C16H23N5O/c1-11-5-7-14(8-6-11)9-12(2)16(22)21(4)10-13(3)15-17-19-20-18-15/h5-8,12-13H,9-10H2,1-4H3,(H,17,18,19,20)/t12-,13-/m1/s1. The fourth-order valence-corrected chi connectivity index (χ4v) is 2.50. The van der Waals surface area contributed by atoms with Gasteiger partial charge < -0.3 is 4.90 Å². The van der Waals surface area contributed by atoms with Crippen molar-refractivity contribution in [2.24, 2.45) is 5.92 Å². The molecule has 0 bridgehead atoms. The molecule has 0 aliphatic rings. The lowest BCUT2D eigenvalue weighted by molar-refractivity contribution is -0.133. The molecule has 118 valence electrons.